The highest BCUT2D eigenvalue weighted by Gasteiger charge is 2.00. The Balaban J connectivity index is 0.000000686. The maximum Gasteiger partial charge on any atom is 0.146 e. The normalized spacial score (nSPS) is 9.18. The Morgan fingerprint density at radius 2 is 1.47 bits per heavy atom. The summed E-state index contributed by atoms with van der Waals surface area (Å²) in [4.78, 5) is 0. The molecule has 0 aliphatic carbocycles. The van der Waals surface area contributed by atoms with Crippen molar-refractivity contribution in [1.29, 1.82) is 0 Å². The van der Waals surface area contributed by atoms with Crippen LogP contribution in [-0.4, -0.2) is 0 Å². The molecule has 1 nitrogen and oxygen atoms in total. The molecule has 17 heavy (non-hydrogen) atoms. The first-order chi connectivity index (χ1) is 8.25. The van der Waals surface area contributed by atoms with Crippen molar-refractivity contribution in [3.63, 3.8) is 0 Å². The standard InChI is InChI=1S/C13H11ClO.C2H6/c1-10-6-8-11(9-7-10)15-13-5-3-2-4-12(13)14;1-2/h2-9H,1H3;1-2H3. The lowest BCUT2D eigenvalue weighted by Gasteiger charge is -2.06. The predicted octanol–water partition coefficient (Wildman–Crippen LogP) is 5.47. The van der Waals surface area contributed by atoms with Crippen molar-refractivity contribution in [3.8, 4) is 11.5 Å². The molecule has 0 aliphatic rings. The van der Waals surface area contributed by atoms with Crippen molar-refractivity contribution >= 4 is 11.6 Å². The molecular formula is C15H17ClO. The van der Waals surface area contributed by atoms with Gasteiger partial charge in [0.1, 0.15) is 11.5 Å². The Labute approximate surface area is 108 Å². The molecule has 0 bridgehead atoms. The SMILES string of the molecule is CC.Cc1ccc(Oc2ccccc2Cl)cc1. The molecule has 0 unspecified atom stereocenters. The van der Waals surface area contributed by atoms with Crippen molar-refractivity contribution < 1.29 is 4.74 Å². The van der Waals surface area contributed by atoms with Crippen LogP contribution in [0.5, 0.6) is 11.5 Å². The van der Waals surface area contributed by atoms with Crippen LogP contribution < -0.4 is 4.74 Å². The Morgan fingerprint density at radius 1 is 0.882 bits per heavy atom. The van der Waals surface area contributed by atoms with Crippen LogP contribution in [0.15, 0.2) is 48.5 Å². The Bertz CT molecular complexity index is 449. The van der Waals surface area contributed by atoms with Gasteiger partial charge in [-0.15, -0.1) is 0 Å². The lowest BCUT2D eigenvalue weighted by atomic mass is 10.2. The number of hydrogen-bond acceptors (Lipinski definition) is 1. The van der Waals surface area contributed by atoms with E-state index in [0.717, 1.165) is 5.75 Å². The van der Waals surface area contributed by atoms with E-state index in [2.05, 4.69) is 0 Å². The van der Waals surface area contributed by atoms with Gasteiger partial charge in [-0.05, 0) is 31.2 Å². The fourth-order valence-corrected chi connectivity index (χ4v) is 1.44. The molecule has 2 aromatic rings. The van der Waals surface area contributed by atoms with E-state index < -0.39 is 0 Å². The molecule has 2 rings (SSSR count). The van der Waals surface area contributed by atoms with E-state index in [1.54, 1.807) is 0 Å². The van der Waals surface area contributed by atoms with E-state index in [1.165, 1.54) is 5.56 Å². The molecule has 0 heterocycles. The zero-order valence-corrected chi connectivity index (χ0v) is 11.2. The van der Waals surface area contributed by atoms with Crippen LogP contribution in [0.25, 0.3) is 0 Å². The summed E-state index contributed by atoms with van der Waals surface area (Å²) in [5.74, 6) is 1.48. The summed E-state index contributed by atoms with van der Waals surface area (Å²) in [6.45, 7) is 6.04. The van der Waals surface area contributed by atoms with Gasteiger partial charge < -0.3 is 4.74 Å². The molecule has 0 N–H and O–H groups in total. The third kappa shape index (κ3) is 4.12. The van der Waals surface area contributed by atoms with Gasteiger partial charge in [-0.25, -0.2) is 0 Å². The largest absolute Gasteiger partial charge is 0.456 e. The zero-order valence-electron chi connectivity index (χ0n) is 10.4. The van der Waals surface area contributed by atoms with Crippen LogP contribution >= 0.6 is 11.6 Å². The summed E-state index contributed by atoms with van der Waals surface area (Å²) < 4.78 is 5.63. The molecule has 0 atom stereocenters. The molecule has 0 saturated carbocycles. The molecular weight excluding hydrogens is 232 g/mol. The number of halogens is 1. The molecule has 90 valence electrons. The van der Waals surface area contributed by atoms with Crippen LogP contribution in [0.2, 0.25) is 5.02 Å². The van der Waals surface area contributed by atoms with Gasteiger partial charge in [0.15, 0.2) is 0 Å². The lowest BCUT2D eigenvalue weighted by molar-refractivity contribution is 0.483. The van der Waals surface area contributed by atoms with Gasteiger partial charge in [0.05, 0.1) is 5.02 Å². The van der Waals surface area contributed by atoms with Crippen molar-refractivity contribution in [2.75, 3.05) is 0 Å². The van der Waals surface area contributed by atoms with Crippen molar-refractivity contribution in [2.45, 2.75) is 20.8 Å². The smallest absolute Gasteiger partial charge is 0.146 e. The second kappa shape index (κ2) is 6.97. The Kier molecular flexibility index (Phi) is 5.58. The van der Waals surface area contributed by atoms with Crippen LogP contribution in [0.3, 0.4) is 0 Å². The number of rotatable bonds is 2. The van der Waals surface area contributed by atoms with E-state index >= 15 is 0 Å². The maximum absolute atomic E-state index is 5.98. The monoisotopic (exact) mass is 248 g/mol. The van der Waals surface area contributed by atoms with E-state index in [-0.39, 0.29) is 0 Å². The van der Waals surface area contributed by atoms with Gasteiger partial charge in [0.2, 0.25) is 0 Å². The van der Waals surface area contributed by atoms with Gasteiger partial charge >= 0.3 is 0 Å². The van der Waals surface area contributed by atoms with Crippen LogP contribution in [0, 0.1) is 6.92 Å². The average Bonchev–Trinajstić information content (AvgIpc) is 2.37. The van der Waals surface area contributed by atoms with Crippen molar-refractivity contribution in [3.05, 3.63) is 59.1 Å². The topological polar surface area (TPSA) is 9.23 Å². The van der Waals surface area contributed by atoms with E-state index in [1.807, 2.05) is 69.3 Å². The second-order valence-electron chi connectivity index (χ2n) is 3.35. The van der Waals surface area contributed by atoms with E-state index in [0.29, 0.717) is 10.8 Å². The van der Waals surface area contributed by atoms with Crippen LogP contribution in [0.4, 0.5) is 0 Å². The van der Waals surface area contributed by atoms with Crippen molar-refractivity contribution in [1.82, 2.24) is 0 Å². The second-order valence-corrected chi connectivity index (χ2v) is 3.75. The fourth-order valence-electron chi connectivity index (χ4n) is 1.26. The quantitative estimate of drug-likeness (QED) is 0.685. The summed E-state index contributed by atoms with van der Waals surface area (Å²) >= 11 is 5.98. The summed E-state index contributed by atoms with van der Waals surface area (Å²) in [7, 11) is 0. The Morgan fingerprint density at radius 3 is 2.06 bits per heavy atom. The minimum absolute atomic E-state index is 0.623. The third-order valence-corrected chi connectivity index (χ3v) is 2.40. The van der Waals surface area contributed by atoms with Gasteiger partial charge in [0, 0.05) is 0 Å². The number of aryl methyl sites for hydroxylation is 1. The van der Waals surface area contributed by atoms with Crippen molar-refractivity contribution in [2.24, 2.45) is 0 Å². The highest BCUT2D eigenvalue weighted by atomic mass is 35.5. The fraction of sp³-hybridized carbons (Fsp3) is 0.200. The number of hydrogen-bond donors (Lipinski definition) is 0. The highest BCUT2D eigenvalue weighted by molar-refractivity contribution is 6.32. The predicted molar refractivity (Wildman–Crippen MR) is 74.1 cm³/mol. The summed E-state index contributed by atoms with van der Waals surface area (Å²) in [5, 5.41) is 0.623. The first-order valence-electron chi connectivity index (χ1n) is 5.75. The van der Waals surface area contributed by atoms with Crippen LogP contribution in [0.1, 0.15) is 19.4 Å². The van der Waals surface area contributed by atoms with Gasteiger partial charge in [-0.3, -0.25) is 0 Å². The first-order valence-corrected chi connectivity index (χ1v) is 6.12. The molecule has 0 amide bonds. The lowest BCUT2D eigenvalue weighted by Crippen LogP contribution is -1.84. The van der Waals surface area contributed by atoms with E-state index in [4.69, 9.17) is 16.3 Å². The zero-order chi connectivity index (χ0) is 12.7. The molecule has 0 saturated heterocycles. The minimum Gasteiger partial charge on any atom is -0.456 e. The van der Waals surface area contributed by atoms with E-state index in [9.17, 15) is 0 Å². The summed E-state index contributed by atoms with van der Waals surface area (Å²) in [5.41, 5.74) is 1.21. The molecule has 2 heteroatoms. The molecule has 0 spiro atoms. The van der Waals surface area contributed by atoms with Gasteiger partial charge in [-0.1, -0.05) is 55.3 Å². The highest BCUT2D eigenvalue weighted by Crippen LogP contribution is 2.28. The third-order valence-electron chi connectivity index (χ3n) is 2.09. The number of benzene rings is 2. The van der Waals surface area contributed by atoms with Crippen LogP contribution in [-0.2, 0) is 0 Å². The molecule has 0 aliphatic heterocycles. The minimum atomic E-state index is 0.623. The molecule has 2 aromatic carbocycles. The average molecular weight is 249 g/mol. The number of ether oxygens (including phenoxy) is 1. The number of para-hydroxylation sites is 1. The van der Waals surface area contributed by atoms with Gasteiger partial charge in [-0.2, -0.15) is 0 Å². The molecule has 0 radical (unpaired) electrons. The summed E-state index contributed by atoms with van der Waals surface area (Å²) in [6.07, 6.45) is 0. The van der Waals surface area contributed by atoms with Gasteiger partial charge in [0.25, 0.3) is 0 Å². The molecule has 0 fully saturated rings. The molecule has 0 aromatic heterocycles. The maximum atomic E-state index is 5.98. The first kappa shape index (κ1) is 13.6. The summed E-state index contributed by atoms with van der Waals surface area (Å²) in [6, 6.07) is 15.3. The Hall–Kier alpha value is -1.47.